The van der Waals surface area contributed by atoms with Crippen LogP contribution in [-0.2, 0) is 0 Å². The van der Waals surface area contributed by atoms with Crippen molar-refractivity contribution in [2.45, 2.75) is 18.4 Å². The van der Waals surface area contributed by atoms with Crippen LogP contribution in [0.25, 0.3) is 0 Å². The molecule has 1 N–H and O–H groups in total. The highest BCUT2D eigenvalue weighted by molar-refractivity contribution is 6.36. The van der Waals surface area contributed by atoms with Gasteiger partial charge >= 0.3 is 0 Å². The predicted molar refractivity (Wildman–Crippen MR) is 95.8 cm³/mol. The van der Waals surface area contributed by atoms with Gasteiger partial charge in [0.15, 0.2) is 0 Å². The number of methoxy groups -OCH3 is 1. The Morgan fingerprint density at radius 1 is 1.17 bits per heavy atom. The molecule has 1 aliphatic heterocycles. The van der Waals surface area contributed by atoms with E-state index in [0.29, 0.717) is 21.9 Å². The van der Waals surface area contributed by atoms with E-state index in [0.717, 1.165) is 17.9 Å². The number of nitrogens with one attached hydrogen (secondary N) is 1. The molecule has 0 unspecified atom stereocenters. The minimum absolute atomic E-state index is 0.205. The standard InChI is InChI=1S/C19H17Cl2NO/c1-23-13-5-2-4-11(8-13)18-15-7-3-6-14(15)16-9-12(20)10-17(21)19(16)22-18/h2-6,8-10,14-15,18,22H,7H2,1H3/t14-,15+,18-/m0/s1. The lowest BCUT2D eigenvalue weighted by Crippen LogP contribution is -2.29. The number of benzene rings is 2. The molecule has 0 aromatic heterocycles. The summed E-state index contributed by atoms with van der Waals surface area (Å²) in [5.74, 6) is 1.68. The van der Waals surface area contributed by atoms with Crippen LogP contribution in [0.15, 0.2) is 48.6 Å². The van der Waals surface area contributed by atoms with Gasteiger partial charge in [0.25, 0.3) is 0 Å². The van der Waals surface area contributed by atoms with Crippen molar-refractivity contribution >= 4 is 28.9 Å². The highest BCUT2D eigenvalue weighted by Crippen LogP contribution is 2.52. The van der Waals surface area contributed by atoms with Gasteiger partial charge in [0.2, 0.25) is 0 Å². The molecule has 0 saturated heterocycles. The molecule has 1 heterocycles. The first-order valence-electron chi connectivity index (χ1n) is 7.73. The quantitative estimate of drug-likeness (QED) is 0.691. The zero-order valence-corrected chi connectivity index (χ0v) is 14.2. The molecule has 118 valence electrons. The summed E-state index contributed by atoms with van der Waals surface area (Å²) in [7, 11) is 1.70. The van der Waals surface area contributed by atoms with Crippen molar-refractivity contribution in [2.75, 3.05) is 12.4 Å². The van der Waals surface area contributed by atoms with Gasteiger partial charge in [-0.1, -0.05) is 47.5 Å². The Kier molecular flexibility index (Phi) is 3.74. The highest BCUT2D eigenvalue weighted by Gasteiger charge is 2.38. The van der Waals surface area contributed by atoms with Gasteiger partial charge in [-0.3, -0.25) is 0 Å². The number of halogens is 2. The van der Waals surface area contributed by atoms with Crippen molar-refractivity contribution in [2.24, 2.45) is 5.92 Å². The van der Waals surface area contributed by atoms with Crippen molar-refractivity contribution in [1.82, 2.24) is 0 Å². The molecule has 0 saturated carbocycles. The van der Waals surface area contributed by atoms with Gasteiger partial charge < -0.3 is 10.1 Å². The summed E-state index contributed by atoms with van der Waals surface area (Å²) in [6.45, 7) is 0. The second kappa shape index (κ2) is 5.77. The molecular formula is C19H17Cl2NO. The maximum absolute atomic E-state index is 6.45. The van der Waals surface area contributed by atoms with Crippen molar-refractivity contribution in [3.8, 4) is 5.75 Å². The Morgan fingerprint density at radius 3 is 2.87 bits per heavy atom. The van der Waals surface area contributed by atoms with Crippen LogP contribution in [0.2, 0.25) is 10.0 Å². The monoisotopic (exact) mass is 345 g/mol. The summed E-state index contributed by atoms with van der Waals surface area (Å²) in [5.41, 5.74) is 3.41. The van der Waals surface area contributed by atoms with Crippen molar-refractivity contribution in [1.29, 1.82) is 0 Å². The smallest absolute Gasteiger partial charge is 0.119 e. The number of hydrogen-bond acceptors (Lipinski definition) is 2. The molecule has 0 bridgehead atoms. The summed E-state index contributed by atoms with van der Waals surface area (Å²) in [6.07, 6.45) is 5.58. The predicted octanol–water partition coefficient (Wildman–Crippen LogP) is 5.83. The van der Waals surface area contributed by atoms with E-state index in [1.54, 1.807) is 13.2 Å². The van der Waals surface area contributed by atoms with E-state index in [-0.39, 0.29) is 6.04 Å². The molecule has 2 aliphatic rings. The molecule has 0 spiro atoms. The number of hydrogen-bond donors (Lipinski definition) is 1. The fraction of sp³-hybridized carbons (Fsp3) is 0.263. The van der Waals surface area contributed by atoms with Gasteiger partial charge in [-0.15, -0.1) is 0 Å². The lowest BCUT2D eigenvalue weighted by molar-refractivity contribution is 0.406. The average Bonchev–Trinajstić information content (AvgIpc) is 3.04. The van der Waals surface area contributed by atoms with Gasteiger partial charge in [-0.05, 0) is 47.7 Å². The fourth-order valence-electron chi connectivity index (χ4n) is 3.79. The van der Waals surface area contributed by atoms with Crippen molar-refractivity contribution < 1.29 is 4.74 Å². The van der Waals surface area contributed by atoms with Gasteiger partial charge in [0, 0.05) is 10.9 Å². The maximum Gasteiger partial charge on any atom is 0.119 e. The minimum Gasteiger partial charge on any atom is -0.497 e. The normalized spacial score (nSPS) is 24.7. The van der Waals surface area contributed by atoms with E-state index < -0.39 is 0 Å². The van der Waals surface area contributed by atoms with Gasteiger partial charge in [-0.2, -0.15) is 0 Å². The van der Waals surface area contributed by atoms with Crippen LogP contribution < -0.4 is 10.1 Å². The number of anilines is 1. The van der Waals surface area contributed by atoms with Crippen LogP contribution in [0.3, 0.4) is 0 Å². The second-order valence-corrected chi connectivity index (χ2v) is 6.95. The zero-order valence-electron chi connectivity index (χ0n) is 12.7. The molecule has 4 rings (SSSR count). The summed E-state index contributed by atoms with van der Waals surface area (Å²) >= 11 is 12.7. The molecule has 3 atom stereocenters. The lowest BCUT2D eigenvalue weighted by atomic mass is 9.77. The average molecular weight is 346 g/mol. The number of fused-ring (bicyclic) bond motifs is 3. The molecule has 4 heteroatoms. The number of rotatable bonds is 2. The molecule has 0 fully saturated rings. The molecule has 1 aliphatic carbocycles. The fourth-order valence-corrected chi connectivity index (χ4v) is 4.35. The Morgan fingerprint density at radius 2 is 2.04 bits per heavy atom. The first-order chi connectivity index (χ1) is 11.2. The molecule has 0 amide bonds. The van der Waals surface area contributed by atoms with Gasteiger partial charge in [-0.25, -0.2) is 0 Å². The van der Waals surface area contributed by atoms with Crippen LogP contribution in [0.5, 0.6) is 5.75 Å². The number of ether oxygens (including phenoxy) is 1. The first-order valence-corrected chi connectivity index (χ1v) is 8.49. The number of allylic oxidation sites excluding steroid dienone is 2. The minimum atomic E-state index is 0.205. The largest absolute Gasteiger partial charge is 0.497 e. The third kappa shape index (κ3) is 2.50. The van der Waals surface area contributed by atoms with E-state index >= 15 is 0 Å². The zero-order chi connectivity index (χ0) is 16.0. The Labute approximate surface area is 146 Å². The van der Waals surface area contributed by atoms with Crippen molar-refractivity contribution in [3.63, 3.8) is 0 Å². The maximum atomic E-state index is 6.45. The van der Waals surface area contributed by atoms with E-state index in [2.05, 4.69) is 29.6 Å². The second-order valence-electron chi connectivity index (χ2n) is 6.10. The van der Waals surface area contributed by atoms with Crippen molar-refractivity contribution in [3.05, 3.63) is 69.7 Å². The summed E-state index contributed by atoms with van der Waals surface area (Å²) < 4.78 is 5.38. The van der Waals surface area contributed by atoms with Gasteiger partial charge in [0.1, 0.15) is 5.75 Å². The SMILES string of the molecule is COc1cccc([C@@H]2Nc3c(Cl)cc(Cl)cc3[C@H]3C=CC[C@H]32)c1. The third-order valence-electron chi connectivity index (χ3n) is 4.84. The molecule has 23 heavy (non-hydrogen) atoms. The van der Waals surface area contributed by atoms with E-state index in [9.17, 15) is 0 Å². The first kappa shape index (κ1) is 14.9. The van der Waals surface area contributed by atoms with E-state index in [4.69, 9.17) is 27.9 Å². The molecule has 0 radical (unpaired) electrons. The molecule has 2 aromatic carbocycles. The van der Waals surface area contributed by atoms with Crippen LogP contribution in [0, 0.1) is 5.92 Å². The summed E-state index contributed by atoms with van der Waals surface area (Å²) in [5, 5.41) is 5.01. The summed E-state index contributed by atoms with van der Waals surface area (Å²) in [4.78, 5) is 0. The molecule has 2 aromatic rings. The Bertz CT molecular complexity index is 787. The third-order valence-corrected chi connectivity index (χ3v) is 5.35. The van der Waals surface area contributed by atoms with Crippen LogP contribution in [-0.4, -0.2) is 7.11 Å². The highest BCUT2D eigenvalue weighted by atomic mass is 35.5. The molecule has 2 nitrogen and oxygen atoms in total. The summed E-state index contributed by atoms with van der Waals surface area (Å²) in [6, 6.07) is 12.3. The van der Waals surface area contributed by atoms with Crippen LogP contribution in [0.4, 0.5) is 5.69 Å². The Balaban J connectivity index is 1.81. The van der Waals surface area contributed by atoms with E-state index in [1.165, 1.54) is 11.1 Å². The van der Waals surface area contributed by atoms with E-state index in [1.807, 2.05) is 18.2 Å². The van der Waals surface area contributed by atoms with Crippen LogP contribution in [0.1, 0.15) is 29.5 Å². The van der Waals surface area contributed by atoms with Crippen LogP contribution >= 0.6 is 23.2 Å². The molecular weight excluding hydrogens is 329 g/mol. The van der Waals surface area contributed by atoms with Gasteiger partial charge in [0.05, 0.1) is 23.9 Å². The Hall–Kier alpha value is -1.64. The topological polar surface area (TPSA) is 21.3 Å². The lowest BCUT2D eigenvalue weighted by Gasteiger charge is -2.38.